The summed E-state index contributed by atoms with van der Waals surface area (Å²) in [7, 11) is 0. The highest BCUT2D eigenvalue weighted by atomic mass is 35.5. The van der Waals surface area contributed by atoms with Crippen LogP contribution in [0.2, 0.25) is 0 Å². The van der Waals surface area contributed by atoms with Gasteiger partial charge in [-0.3, -0.25) is 4.79 Å². The van der Waals surface area contributed by atoms with Crippen LogP contribution in [0.1, 0.15) is 51.2 Å². The zero-order valence-electron chi connectivity index (χ0n) is 12.7. The minimum atomic E-state index is 0.147. The Bertz CT molecular complexity index is 484. The highest BCUT2D eigenvalue weighted by Crippen LogP contribution is 2.34. The molecule has 1 aromatic carbocycles. The maximum Gasteiger partial charge on any atom is 0.227 e. The van der Waals surface area contributed by atoms with E-state index in [1.54, 1.807) is 0 Å². The van der Waals surface area contributed by atoms with Crippen molar-refractivity contribution in [2.75, 3.05) is 4.90 Å². The van der Waals surface area contributed by atoms with Gasteiger partial charge in [0.1, 0.15) is 0 Å². The van der Waals surface area contributed by atoms with Crippen molar-refractivity contribution in [2.24, 2.45) is 0 Å². The number of hydrogen-bond donors (Lipinski definition) is 0. The van der Waals surface area contributed by atoms with Crippen molar-refractivity contribution in [1.82, 2.24) is 0 Å². The van der Waals surface area contributed by atoms with Crippen molar-refractivity contribution in [3.8, 4) is 0 Å². The van der Waals surface area contributed by atoms with Crippen LogP contribution in [-0.4, -0.2) is 17.3 Å². The molecule has 20 heavy (non-hydrogen) atoms. The molecule has 2 unspecified atom stereocenters. The molecule has 1 heterocycles. The molecule has 0 bridgehead atoms. The van der Waals surface area contributed by atoms with Gasteiger partial charge in [0.2, 0.25) is 5.91 Å². The summed E-state index contributed by atoms with van der Waals surface area (Å²) in [4.78, 5) is 14.3. The molecule has 3 heteroatoms. The fourth-order valence-corrected chi connectivity index (χ4v) is 3.14. The van der Waals surface area contributed by atoms with Crippen LogP contribution in [0, 0.1) is 0 Å². The monoisotopic (exact) mass is 293 g/mol. The Kier molecular flexibility index (Phi) is 5.09. The maximum atomic E-state index is 12.3. The molecule has 1 amide bonds. The summed E-state index contributed by atoms with van der Waals surface area (Å²) < 4.78 is 0. The fraction of sp³-hybridized carbons (Fsp3) is 0.588. The number of hydrogen-bond acceptors (Lipinski definition) is 1. The smallest absolute Gasteiger partial charge is 0.227 e. The fourth-order valence-electron chi connectivity index (χ4n) is 2.96. The van der Waals surface area contributed by atoms with Crippen molar-refractivity contribution in [2.45, 2.75) is 64.3 Å². The normalized spacial score (nSPS) is 19.0. The van der Waals surface area contributed by atoms with Crippen LogP contribution in [0.15, 0.2) is 18.2 Å². The van der Waals surface area contributed by atoms with Crippen molar-refractivity contribution in [3.63, 3.8) is 0 Å². The first-order chi connectivity index (χ1) is 9.52. The van der Waals surface area contributed by atoms with Gasteiger partial charge in [-0.05, 0) is 50.3 Å². The van der Waals surface area contributed by atoms with Gasteiger partial charge in [0.25, 0.3) is 0 Å². The number of nitrogens with zero attached hydrogens (tertiary/aromatic N) is 1. The Morgan fingerprint density at radius 1 is 1.50 bits per heavy atom. The SMILES string of the molecule is CCCCC(=O)N1c2ccc(CC(C)Cl)cc2CC1C. The van der Waals surface area contributed by atoms with Gasteiger partial charge in [-0.2, -0.15) is 0 Å². The topological polar surface area (TPSA) is 20.3 Å². The number of rotatable bonds is 5. The summed E-state index contributed by atoms with van der Waals surface area (Å²) in [6.45, 7) is 6.26. The minimum Gasteiger partial charge on any atom is -0.309 e. The predicted octanol–water partition coefficient (Wildman–Crippen LogP) is 4.32. The van der Waals surface area contributed by atoms with Gasteiger partial charge in [0.05, 0.1) is 0 Å². The number of alkyl halides is 1. The van der Waals surface area contributed by atoms with Crippen molar-refractivity contribution in [3.05, 3.63) is 29.3 Å². The van der Waals surface area contributed by atoms with Crippen molar-refractivity contribution in [1.29, 1.82) is 0 Å². The second-order valence-electron chi connectivity index (χ2n) is 5.87. The number of anilines is 1. The third kappa shape index (κ3) is 3.35. The molecule has 1 aliphatic heterocycles. The molecular weight excluding hydrogens is 270 g/mol. The Balaban J connectivity index is 2.18. The van der Waals surface area contributed by atoms with Crippen molar-refractivity contribution >= 4 is 23.2 Å². The van der Waals surface area contributed by atoms with Gasteiger partial charge >= 0.3 is 0 Å². The third-order valence-corrected chi connectivity index (χ3v) is 4.04. The zero-order chi connectivity index (χ0) is 14.7. The molecule has 0 saturated carbocycles. The van der Waals surface area contributed by atoms with Crippen molar-refractivity contribution < 1.29 is 4.79 Å². The molecule has 0 spiro atoms. The van der Waals surface area contributed by atoms with Crippen LogP contribution < -0.4 is 4.90 Å². The summed E-state index contributed by atoms with van der Waals surface area (Å²) >= 11 is 6.06. The number of halogens is 1. The van der Waals surface area contributed by atoms with Crippen LogP contribution in [0.3, 0.4) is 0 Å². The first-order valence-electron chi connectivity index (χ1n) is 7.60. The molecule has 0 N–H and O–H groups in total. The summed E-state index contributed by atoms with van der Waals surface area (Å²) in [6, 6.07) is 6.70. The van der Waals surface area contributed by atoms with Crippen LogP contribution in [0.25, 0.3) is 0 Å². The lowest BCUT2D eigenvalue weighted by Gasteiger charge is -2.22. The van der Waals surface area contributed by atoms with Crippen LogP contribution in [-0.2, 0) is 17.6 Å². The summed E-state index contributed by atoms with van der Waals surface area (Å²) in [5.74, 6) is 0.261. The lowest BCUT2D eigenvalue weighted by molar-refractivity contribution is -0.119. The van der Waals surface area contributed by atoms with Gasteiger partial charge in [-0.15, -0.1) is 11.6 Å². The van der Waals surface area contributed by atoms with Gasteiger partial charge in [-0.25, -0.2) is 0 Å². The van der Waals surface area contributed by atoms with Gasteiger partial charge in [-0.1, -0.05) is 25.5 Å². The van der Waals surface area contributed by atoms with E-state index in [1.807, 2.05) is 11.8 Å². The third-order valence-electron chi connectivity index (χ3n) is 3.89. The molecule has 2 nitrogen and oxygen atoms in total. The largest absolute Gasteiger partial charge is 0.309 e. The number of benzene rings is 1. The molecule has 2 atom stereocenters. The van der Waals surface area contributed by atoms with Crippen LogP contribution >= 0.6 is 11.6 Å². The maximum absolute atomic E-state index is 12.3. The zero-order valence-corrected chi connectivity index (χ0v) is 13.4. The Hall–Kier alpha value is -1.02. The first kappa shape index (κ1) is 15.4. The van der Waals surface area contributed by atoms with E-state index >= 15 is 0 Å². The molecule has 0 fully saturated rings. The number of carbonyl (C=O) groups is 1. The average molecular weight is 294 g/mol. The highest BCUT2D eigenvalue weighted by molar-refractivity contribution is 6.20. The first-order valence-corrected chi connectivity index (χ1v) is 8.04. The molecule has 110 valence electrons. The molecular formula is C17H24ClNO. The molecule has 2 rings (SSSR count). The Morgan fingerprint density at radius 2 is 2.25 bits per heavy atom. The summed E-state index contributed by atoms with van der Waals surface area (Å²) in [5.41, 5.74) is 3.66. The summed E-state index contributed by atoms with van der Waals surface area (Å²) in [6.07, 6.45) is 4.53. The number of fused-ring (bicyclic) bond motifs is 1. The standard InChI is InChI=1S/C17H24ClNO/c1-4-5-6-17(20)19-13(3)10-15-11-14(9-12(2)18)7-8-16(15)19/h7-8,11-13H,4-6,9-10H2,1-3H3. The second kappa shape index (κ2) is 6.62. The molecule has 0 aliphatic carbocycles. The Labute approximate surface area is 127 Å². The average Bonchev–Trinajstić information content (AvgIpc) is 2.70. The minimum absolute atomic E-state index is 0.147. The highest BCUT2D eigenvalue weighted by Gasteiger charge is 2.30. The van der Waals surface area contributed by atoms with E-state index in [2.05, 4.69) is 32.0 Å². The number of amides is 1. The Morgan fingerprint density at radius 3 is 2.90 bits per heavy atom. The van der Waals surface area contributed by atoms with Crippen LogP contribution in [0.4, 0.5) is 5.69 Å². The van der Waals surface area contributed by atoms with Crippen LogP contribution in [0.5, 0.6) is 0 Å². The number of carbonyl (C=O) groups excluding carboxylic acids is 1. The predicted molar refractivity (Wildman–Crippen MR) is 85.6 cm³/mol. The quantitative estimate of drug-likeness (QED) is 0.740. The molecule has 0 saturated heterocycles. The van der Waals surface area contributed by atoms with E-state index in [0.717, 1.165) is 31.4 Å². The van der Waals surface area contributed by atoms with Gasteiger partial charge < -0.3 is 4.90 Å². The van der Waals surface area contributed by atoms with E-state index in [-0.39, 0.29) is 17.3 Å². The van der Waals surface area contributed by atoms with E-state index < -0.39 is 0 Å². The molecule has 0 aromatic heterocycles. The van der Waals surface area contributed by atoms with E-state index in [9.17, 15) is 4.79 Å². The molecule has 0 radical (unpaired) electrons. The second-order valence-corrected chi connectivity index (χ2v) is 6.61. The van der Waals surface area contributed by atoms with Gasteiger partial charge in [0.15, 0.2) is 0 Å². The van der Waals surface area contributed by atoms with Gasteiger partial charge in [0, 0.05) is 23.5 Å². The van der Waals surface area contributed by atoms with E-state index in [1.165, 1.54) is 11.1 Å². The number of unbranched alkanes of at least 4 members (excludes halogenated alkanes) is 1. The lowest BCUT2D eigenvalue weighted by Crippen LogP contribution is -2.35. The molecule has 1 aromatic rings. The molecule has 1 aliphatic rings. The lowest BCUT2D eigenvalue weighted by atomic mass is 10.0. The van der Waals surface area contributed by atoms with E-state index in [4.69, 9.17) is 11.6 Å². The summed E-state index contributed by atoms with van der Waals surface area (Å²) in [5, 5.41) is 0.147. The van der Waals surface area contributed by atoms with E-state index in [0.29, 0.717) is 6.42 Å².